The van der Waals surface area contributed by atoms with E-state index < -0.39 is 0 Å². The SMILES string of the molecule is CNC(=O)CNCc1cncnc1. The molecule has 13 heavy (non-hydrogen) atoms. The van der Waals surface area contributed by atoms with E-state index in [9.17, 15) is 4.79 Å². The fraction of sp³-hybridized carbons (Fsp3) is 0.375. The molecule has 1 aromatic heterocycles. The average molecular weight is 180 g/mol. The zero-order chi connectivity index (χ0) is 9.52. The maximum atomic E-state index is 10.8. The highest BCUT2D eigenvalue weighted by atomic mass is 16.1. The molecule has 5 heteroatoms. The third-order valence-corrected chi connectivity index (χ3v) is 1.51. The highest BCUT2D eigenvalue weighted by molar-refractivity contribution is 5.77. The van der Waals surface area contributed by atoms with Crippen LogP contribution < -0.4 is 10.6 Å². The lowest BCUT2D eigenvalue weighted by atomic mass is 10.3. The molecule has 0 aromatic carbocycles. The summed E-state index contributed by atoms with van der Waals surface area (Å²) in [4.78, 5) is 18.5. The summed E-state index contributed by atoms with van der Waals surface area (Å²) in [6.45, 7) is 0.916. The van der Waals surface area contributed by atoms with Crippen LogP contribution in [-0.4, -0.2) is 29.5 Å². The summed E-state index contributed by atoms with van der Waals surface area (Å²) in [7, 11) is 1.61. The smallest absolute Gasteiger partial charge is 0.233 e. The zero-order valence-corrected chi connectivity index (χ0v) is 7.45. The molecule has 0 aliphatic heterocycles. The van der Waals surface area contributed by atoms with E-state index >= 15 is 0 Å². The summed E-state index contributed by atoms with van der Waals surface area (Å²) in [5, 5.41) is 5.48. The van der Waals surface area contributed by atoms with Crippen LogP contribution in [0.4, 0.5) is 0 Å². The maximum Gasteiger partial charge on any atom is 0.233 e. The summed E-state index contributed by atoms with van der Waals surface area (Å²) in [6.07, 6.45) is 4.90. The van der Waals surface area contributed by atoms with Gasteiger partial charge in [0.05, 0.1) is 6.54 Å². The van der Waals surface area contributed by atoms with Crippen LogP contribution in [0.2, 0.25) is 0 Å². The first kappa shape index (κ1) is 9.60. The normalized spacial score (nSPS) is 9.62. The Balaban J connectivity index is 2.24. The molecule has 0 fully saturated rings. The van der Waals surface area contributed by atoms with E-state index in [4.69, 9.17) is 0 Å². The van der Waals surface area contributed by atoms with Crippen LogP contribution in [0.25, 0.3) is 0 Å². The van der Waals surface area contributed by atoms with Gasteiger partial charge in [0, 0.05) is 31.5 Å². The van der Waals surface area contributed by atoms with Gasteiger partial charge in [0.15, 0.2) is 0 Å². The van der Waals surface area contributed by atoms with Crippen LogP contribution in [0, 0.1) is 0 Å². The van der Waals surface area contributed by atoms with Crippen LogP contribution >= 0.6 is 0 Å². The summed E-state index contributed by atoms with van der Waals surface area (Å²) >= 11 is 0. The van der Waals surface area contributed by atoms with E-state index in [0.29, 0.717) is 13.1 Å². The second-order valence-electron chi connectivity index (χ2n) is 2.52. The Morgan fingerprint density at radius 2 is 2.15 bits per heavy atom. The summed E-state index contributed by atoms with van der Waals surface area (Å²) in [6, 6.07) is 0. The van der Waals surface area contributed by atoms with Crippen LogP contribution in [0.1, 0.15) is 5.56 Å². The largest absolute Gasteiger partial charge is 0.358 e. The maximum absolute atomic E-state index is 10.8. The second kappa shape index (κ2) is 5.21. The molecular formula is C8H12N4O. The van der Waals surface area contributed by atoms with E-state index in [1.165, 1.54) is 6.33 Å². The van der Waals surface area contributed by atoms with Crippen molar-refractivity contribution < 1.29 is 4.79 Å². The van der Waals surface area contributed by atoms with Crippen LogP contribution in [-0.2, 0) is 11.3 Å². The Labute approximate surface area is 76.6 Å². The Morgan fingerprint density at radius 1 is 1.46 bits per heavy atom. The number of likely N-dealkylation sites (N-methyl/N-ethyl adjacent to an activating group) is 1. The quantitative estimate of drug-likeness (QED) is 0.643. The monoisotopic (exact) mass is 180 g/mol. The molecule has 1 amide bonds. The Kier molecular flexibility index (Phi) is 3.84. The molecule has 0 saturated carbocycles. The van der Waals surface area contributed by atoms with Crippen LogP contribution in [0.5, 0.6) is 0 Å². The number of carbonyl (C=O) groups excluding carboxylic acids is 1. The average Bonchev–Trinajstić information content (AvgIpc) is 2.19. The van der Waals surface area contributed by atoms with Crippen LogP contribution in [0.15, 0.2) is 18.7 Å². The van der Waals surface area contributed by atoms with Gasteiger partial charge in [-0.05, 0) is 0 Å². The lowest BCUT2D eigenvalue weighted by molar-refractivity contribution is -0.119. The highest BCUT2D eigenvalue weighted by Crippen LogP contribution is 1.90. The molecule has 1 aromatic rings. The Bertz CT molecular complexity index is 262. The van der Waals surface area contributed by atoms with Gasteiger partial charge in [-0.1, -0.05) is 0 Å². The van der Waals surface area contributed by atoms with E-state index in [2.05, 4.69) is 20.6 Å². The third-order valence-electron chi connectivity index (χ3n) is 1.51. The predicted molar refractivity (Wildman–Crippen MR) is 47.8 cm³/mol. The summed E-state index contributed by atoms with van der Waals surface area (Å²) in [5.74, 6) is -0.0307. The molecule has 70 valence electrons. The van der Waals surface area contributed by atoms with Crippen molar-refractivity contribution in [2.45, 2.75) is 6.54 Å². The zero-order valence-electron chi connectivity index (χ0n) is 7.45. The van der Waals surface area contributed by atoms with Gasteiger partial charge in [0.2, 0.25) is 5.91 Å². The number of rotatable bonds is 4. The predicted octanol–water partition coefficient (Wildman–Crippen LogP) is -0.688. The van der Waals surface area contributed by atoms with Crippen LogP contribution in [0.3, 0.4) is 0 Å². The first-order valence-electron chi connectivity index (χ1n) is 3.98. The van der Waals surface area contributed by atoms with Gasteiger partial charge in [-0.3, -0.25) is 4.79 Å². The molecule has 1 rings (SSSR count). The first-order chi connectivity index (χ1) is 6.33. The van der Waals surface area contributed by atoms with E-state index in [1.807, 2.05) is 0 Å². The molecule has 5 nitrogen and oxygen atoms in total. The van der Waals surface area contributed by atoms with Crippen molar-refractivity contribution in [1.82, 2.24) is 20.6 Å². The minimum atomic E-state index is -0.0307. The van der Waals surface area contributed by atoms with E-state index in [-0.39, 0.29) is 5.91 Å². The summed E-state index contributed by atoms with van der Waals surface area (Å²) < 4.78 is 0. The lowest BCUT2D eigenvalue weighted by Crippen LogP contribution is -2.30. The molecular weight excluding hydrogens is 168 g/mol. The Morgan fingerprint density at radius 3 is 2.77 bits per heavy atom. The number of hydrogen-bond donors (Lipinski definition) is 2. The number of nitrogens with one attached hydrogen (secondary N) is 2. The topological polar surface area (TPSA) is 66.9 Å². The van der Waals surface area contributed by atoms with Gasteiger partial charge in [-0.15, -0.1) is 0 Å². The molecule has 0 atom stereocenters. The third kappa shape index (κ3) is 3.62. The van der Waals surface area contributed by atoms with Gasteiger partial charge >= 0.3 is 0 Å². The standard InChI is InChI=1S/C8H12N4O/c1-9-8(13)5-10-2-7-3-11-6-12-4-7/h3-4,6,10H,2,5H2,1H3,(H,9,13). The van der Waals surface area contributed by atoms with E-state index in [1.54, 1.807) is 19.4 Å². The number of amides is 1. The van der Waals surface area contributed by atoms with Crippen molar-refractivity contribution in [3.63, 3.8) is 0 Å². The molecule has 0 aliphatic rings. The van der Waals surface area contributed by atoms with Crippen molar-refractivity contribution in [3.8, 4) is 0 Å². The molecule has 0 radical (unpaired) electrons. The van der Waals surface area contributed by atoms with Crippen molar-refractivity contribution in [2.75, 3.05) is 13.6 Å². The number of hydrogen-bond acceptors (Lipinski definition) is 4. The van der Waals surface area contributed by atoms with Gasteiger partial charge in [-0.25, -0.2) is 9.97 Å². The molecule has 0 aliphatic carbocycles. The van der Waals surface area contributed by atoms with Gasteiger partial charge in [-0.2, -0.15) is 0 Å². The molecule has 0 bridgehead atoms. The van der Waals surface area contributed by atoms with Crippen molar-refractivity contribution >= 4 is 5.91 Å². The van der Waals surface area contributed by atoms with Crippen molar-refractivity contribution in [2.24, 2.45) is 0 Å². The number of aromatic nitrogens is 2. The molecule has 0 spiro atoms. The minimum absolute atomic E-state index is 0.0307. The van der Waals surface area contributed by atoms with Gasteiger partial charge < -0.3 is 10.6 Å². The molecule has 0 saturated heterocycles. The molecule has 2 N–H and O–H groups in total. The van der Waals surface area contributed by atoms with E-state index in [0.717, 1.165) is 5.56 Å². The minimum Gasteiger partial charge on any atom is -0.358 e. The fourth-order valence-corrected chi connectivity index (χ4v) is 0.830. The molecule has 1 heterocycles. The highest BCUT2D eigenvalue weighted by Gasteiger charge is 1.96. The second-order valence-corrected chi connectivity index (χ2v) is 2.52. The van der Waals surface area contributed by atoms with Crippen molar-refractivity contribution in [3.05, 3.63) is 24.3 Å². The number of carbonyl (C=O) groups is 1. The summed E-state index contributed by atoms with van der Waals surface area (Å²) in [5.41, 5.74) is 0.964. The molecule has 0 unspecified atom stereocenters. The number of nitrogens with zero attached hydrogens (tertiary/aromatic N) is 2. The lowest BCUT2D eigenvalue weighted by Gasteiger charge is -2.02. The fourth-order valence-electron chi connectivity index (χ4n) is 0.830. The van der Waals surface area contributed by atoms with Gasteiger partial charge in [0.25, 0.3) is 0 Å². The van der Waals surface area contributed by atoms with Crippen molar-refractivity contribution in [1.29, 1.82) is 0 Å². The Hall–Kier alpha value is -1.49. The first-order valence-corrected chi connectivity index (χ1v) is 3.98. The van der Waals surface area contributed by atoms with Gasteiger partial charge in [0.1, 0.15) is 6.33 Å².